The number of carbonyl (C=O) groups is 2. The Balaban J connectivity index is 1.55. The van der Waals surface area contributed by atoms with E-state index in [9.17, 15) is 9.59 Å². The standard InChI is InChI=1S/C21H25NO4/c1-2-25-21(24)15-22(14-16-8-9-16)20(23)13-11-18-10-12-19(26-18)17-6-4-3-5-7-17/h3-7,10,12,16H,2,8-9,11,13-15H2,1H3. The van der Waals surface area contributed by atoms with Crippen LogP contribution in [0.2, 0.25) is 0 Å². The summed E-state index contributed by atoms with van der Waals surface area (Å²) < 4.78 is 10.8. The van der Waals surface area contributed by atoms with Crippen LogP contribution in [0.5, 0.6) is 0 Å². The van der Waals surface area contributed by atoms with Gasteiger partial charge in [-0.1, -0.05) is 30.3 Å². The maximum absolute atomic E-state index is 12.6. The number of hydrogen-bond donors (Lipinski definition) is 0. The molecule has 0 saturated heterocycles. The van der Waals surface area contributed by atoms with Gasteiger partial charge in [-0.25, -0.2) is 0 Å². The second kappa shape index (κ2) is 8.70. The molecule has 5 heteroatoms. The van der Waals surface area contributed by atoms with Crippen molar-refractivity contribution in [3.8, 4) is 11.3 Å². The number of amides is 1. The molecular weight excluding hydrogens is 330 g/mol. The molecule has 138 valence electrons. The zero-order valence-corrected chi connectivity index (χ0v) is 15.1. The van der Waals surface area contributed by atoms with E-state index >= 15 is 0 Å². The van der Waals surface area contributed by atoms with E-state index in [1.807, 2.05) is 42.5 Å². The smallest absolute Gasteiger partial charge is 0.325 e. The Kier molecular flexibility index (Phi) is 6.10. The minimum absolute atomic E-state index is 0.0254. The molecule has 2 aromatic rings. The van der Waals surface area contributed by atoms with Gasteiger partial charge in [-0.2, -0.15) is 0 Å². The molecule has 0 aliphatic heterocycles. The summed E-state index contributed by atoms with van der Waals surface area (Å²) in [5.74, 6) is 1.74. The quantitative estimate of drug-likeness (QED) is 0.644. The maximum Gasteiger partial charge on any atom is 0.325 e. The van der Waals surface area contributed by atoms with Crippen LogP contribution in [0.4, 0.5) is 0 Å². The van der Waals surface area contributed by atoms with Crippen LogP contribution in [0, 0.1) is 5.92 Å². The van der Waals surface area contributed by atoms with E-state index in [-0.39, 0.29) is 18.4 Å². The number of nitrogens with zero attached hydrogens (tertiary/aromatic N) is 1. The van der Waals surface area contributed by atoms with Crippen molar-refractivity contribution in [3.05, 3.63) is 48.2 Å². The number of carbonyl (C=O) groups excluding carboxylic acids is 2. The fraction of sp³-hybridized carbons (Fsp3) is 0.429. The van der Waals surface area contributed by atoms with Gasteiger partial charge in [-0.3, -0.25) is 9.59 Å². The highest BCUT2D eigenvalue weighted by molar-refractivity contribution is 5.82. The Labute approximate surface area is 153 Å². The van der Waals surface area contributed by atoms with E-state index in [1.54, 1.807) is 11.8 Å². The van der Waals surface area contributed by atoms with Crippen LogP contribution in [-0.2, 0) is 20.7 Å². The first-order valence-corrected chi connectivity index (χ1v) is 9.23. The molecule has 1 fully saturated rings. The lowest BCUT2D eigenvalue weighted by atomic mass is 10.2. The second-order valence-corrected chi connectivity index (χ2v) is 6.65. The summed E-state index contributed by atoms with van der Waals surface area (Å²) in [4.78, 5) is 26.0. The highest BCUT2D eigenvalue weighted by Gasteiger charge is 2.28. The van der Waals surface area contributed by atoms with Gasteiger partial charge in [0.2, 0.25) is 5.91 Å². The highest BCUT2D eigenvalue weighted by atomic mass is 16.5. The minimum atomic E-state index is -0.342. The van der Waals surface area contributed by atoms with Crippen molar-refractivity contribution in [1.82, 2.24) is 4.90 Å². The van der Waals surface area contributed by atoms with E-state index in [4.69, 9.17) is 9.15 Å². The van der Waals surface area contributed by atoms with Crippen molar-refractivity contribution < 1.29 is 18.7 Å². The normalized spacial score (nSPS) is 13.4. The molecule has 1 amide bonds. The Morgan fingerprint density at radius 1 is 1.15 bits per heavy atom. The van der Waals surface area contributed by atoms with Crippen molar-refractivity contribution in [3.63, 3.8) is 0 Å². The Morgan fingerprint density at radius 2 is 1.92 bits per heavy atom. The van der Waals surface area contributed by atoms with Crippen LogP contribution < -0.4 is 0 Å². The van der Waals surface area contributed by atoms with Gasteiger partial charge in [0.25, 0.3) is 0 Å². The molecule has 1 aliphatic carbocycles. The average molecular weight is 355 g/mol. The van der Waals surface area contributed by atoms with Gasteiger partial charge in [0, 0.05) is 24.9 Å². The number of rotatable bonds is 9. The van der Waals surface area contributed by atoms with E-state index in [0.717, 1.165) is 29.9 Å². The van der Waals surface area contributed by atoms with Crippen LogP contribution in [-0.4, -0.2) is 36.5 Å². The fourth-order valence-corrected chi connectivity index (χ4v) is 2.89. The van der Waals surface area contributed by atoms with E-state index in [2.05, 4.69) is 0 Å². The number of esters is 1. The lowest BCUT2D eigenvalue weighted by Gasteiger charge is -2.21. The molecule has 3 rings (SSSR count). The molecule has 0 unspecified atom stereocenters. The van der Waals surface area contributed by atoms with Gasteiger partial charge in [0.1, 0.15) is 18.1 Å². The zero-order chi connectivity index (χ0) is 18.4. The maximum atomic E-state index is 12.6. The molecule has 0 atom stereocenters. The van der Waals surface area contributed by atoms with Gasteiger partial charge in [-0.05, 0) is 37.8 Å². The predicted molar refractivity (Wildman–Crippen MR) is 98.4 cm³/mol. The third-order valence-corrected chi connectivity index (χ3v) is 4.46. The molecule has 1 aromatic heterocycles. The first-order chi connectivity index (χ1) is 12.7. The van der Waals surface area contributed by atoms with Gasteiger partial charge in [0.15, 0.2) is 0 Å². The highest BCUT2D eigenvalue weighted by Crippen LogP contribution is 2.30. The van der Waals surface area contributed by atoms with Crippen LogP contribution in [0.3, 0.4) is 0 Å². The largest absolute Gasteiger partial charge is 0.465 e. The molecule has 0 N–H and O–H groups in total. The molecule has 0 radical (unpaired) electrons. The summed E-state index contributed by atoms with van der Waals surface area (Å²) in [6, 6.07) is 13.7. The first kappa shape index (κ1) is 18.2. The van der Waals surface area contributed by atoms with Crippen molar-refractivity contribution in [2.75, 3.05) is 19.7 Å². The van der Waals surface area contributed by atoms with Crippen molar-refractivity contribution in [2.24, 2.45) is 5.92 Å². The number of aryl methyl sites for hydroxylation is 1. The summed E-state index contributed by atoms with van der Waals surface area (Å²) in [7, 11) is 0. The molecule has 1 saturated carbocycles. The molecule has 26 heavy (non-hydrogen) atoms. The number of furan rings is 1. The molecular formula is C21H25NO4. The fourth-order valence-electron chi connectivity index (χ4n) is 2.89. The van der Waals surface area contributed by atoms with Gasteiger partial charge in [-0.15, -0.1) is 0 Å². The van der Waals surface area contributed by atoms with Crippen LogP contribution in [0.25, 0.3) is 11.3 Å². The SMILES string of the molecule is CCOC(=O)CN(CC1CC1)C(=O)CCc1ccc(-c2ccccc2)o1. The van der Waals surface area contributed by atoms with Gasteiger partial charge < -0.3 is 14.1 Å². The van der Waals surface area contributed by atoms with Crippen LogP contribution in [0.1, 0.15) is 31.9 Å². The lowest BCUT2D eigenvalue weighted by Crippen LogP contribution is -2.38. The van der Waals surface area contributed by atoms with Crippen molar-refractivity contribution in [1.29, 1.82) is 0 Å². The molecule has 1 aliphatic rings. The lowest BCUT2D eigenvalue weighted by molar-refractivity contribution is -0.149. The molecule has 1 heterocycles. The summed E-state index contributed by atoms with van der Waals surface area (Å²) in [5.41, 5.74) is 1.02. The monoisotopic (exact) mass is 355 g/mol. The summed E-state index contributed by atoms with van der Waals surface area (Å²) in [5, 5.41) is 0. The van der Waals surface area contributed by atoms with Crippen molar-refractivity contribution in [2.45, 2.75) is 32.6 Å². The topological polar surface area (TPSA) is 59.8 Å². The second-order valence-electron chi connectivity index (χ2n) is 6.65. The number of ether oxygens (including phenoxy) is 1. The van der Waals surface area contributed by atoms with E-state index in [1.165, 1.54) is 0 Å². The zero-order valence-electron chi connectivity index (χ0n) is 15.1. The molecule has 5 nitrogen and oxygen atoms in total. The van der Waals surface area contributed by atoms with Crippen molar-refractivity contribution >= 4 is 11.9 Å². The molecule has 0 spiro atoms. The summed E-state index contributed by atoms with van der Waals surface area (Å²) >= 11 is 0. The van der Waals surface area contributed by atoms with E-state index in [0.29, 0.717) is 31.9 Å². The minimum Gasteiger partial charge on any atom is -0.465 e. The third kappa shape index (κ3) is 5.22. The Bertz CT molecular complexity index is 733. The van der Waals surface area contributed by atoms with E-state index < -0.39 is 0 Å². The summed E-state index contributed by atoms with van der Waals surface area (Å²) in [6.45, 7) is 2.78. The average Bonchev–Trinajstić information content (AvgIpc) is 3.34. The molecule has 1 aromatic carbocycles. The predicted octanol–water partition coefficient (Wildman–Crippen LogP) is 3.68. The molecule has 0 bridgehead atoms. The summed E-state index contributed by atoms with van der Waals surface area (Å²) in [6.07, 6.45) is 3.11. The number of benzene rings is 1. The Morgan fingerprint density at radius 3 is 2.62 bits per heavy atom. The first-order valence-electron chi connectivity index (χ1n) is 9.23. The van der Waals surface area contributed by atoms with Gasteiger partial charge in [0.05, 0.1) is 6.61 Å². The van der Waals surface area contributed by atoms with Gasteiger partial charge >= 0.3 is 5.97 Å². The number of hydrogen-bond acceptors (Lipinski definition) is 4. The third-order valence-electron chi connectivity index (χ3n) is 4.46. The van der Waals surface area contributed by atoms with Crippen LogP contribution in [0.15, 0.2) is 46.9 Å². The Hall–Kier alpha value is -2.56. The van der Waals surface area contributed by atoms with Crippen LogP contribution >= 0.6 is 0 Å².